The van der Waals surface area contributed by atoms with Crippen molar-refractivity contribution >= 4 is 29.8 Å². The molecule has 0 radical (unpaired) electrons. The molecule has 35 heavy (non-hydrogen) atoms. The molecule has 0 aliphatic rings. The van der Waals surface area contributed by atoms with Crippen LogP contribution in [0.25, 0.3) is 0 Å². The highest BCUT2D eigenvalue weighted by Gasteiger charge is 2.19. The summed E-state index contributed by atoms with van der Waals surface area (Å²) in [7, 11) is 0. The third-order valence-corrected chi connectivity index (χ3v) is 4.85. The number of carboxylic acid groups (broad SMARTS) is 4. The normalized spacial score (nSPS) is 11.1. The van der Waals surface area contributed by atoms with Gasteiger partial charge in [-0.1, -0.05) is 30.3 Å². The molecule has 1 aromatic carbocycles. The van der Waals surface area contributed by atoms with Gasteiger partial charge in [-0.05, 0) is 12.0 Å². The Morgan fingerprint density at radius 2 is 1.00 bits per heavy atom. The van der Waals surface area contributed by atoms with Gasteiger partial charge in [0.25, 0.3) is 0 Å². The molecule has 0 unspecified atom stereocenters. The summed E-state index contributed by atoms with van der Waals surface area (Å²) in [4.78, 5) is 60.6. The summed E-state index contributed by atoms with van der Waals surface area (Å²) < 4.78 is 0. The van der Waals surface area contributed by atoms with Gasteiger partial charge in [0.15, 0.2) is 0 Å². The van der Waals surface area contributed by atoms with E-state index in [0.29, 0.717) is 13.0 Å². The average Bonchev–Trinajstić information content (AvgIpc) is 2.74. The van der Waals surface area contributed by atoms with Crippen LogP contribution < -0.4 is 5.32 Å². The summed E-state index contributed by atoms with van der Waals surface area (Å²) >= 11 is 0. The molecule has 13 nitrogen and oxygen atoms in total. The molecule has 1 aromatic rings. The third-order valence-electron chi connectivity index (χ3n) is 4.85. The van der Waals surface area contributed by atoms with E-state index in [-0.39, 0.29) is 38.6 Å². The van der Waals surface area contributed by atoms with Gasteiger partial charge in [-0.25, -0.2) is 0 Å². The highest BCUT2D eigenvalue weighted by atomic mass is 16.4. The SMILES string of the molecule is O=C(O)CN(CCN(CC(=O)O)CC(=O)O)CCN(CC(=O)O)CC(=O)NCCc1ccccc1. The maximum absolute atomic E-state index is 12.3. The van der Waals surface area contributed by atoms with Gasteiger partial charge in [0.2, 0.25) is 5.91 Å². The highest BCUT2D eigenvalue weighted by Crippen LogP contribution is 1.99. The van der Waals surface area contributed by atoms with Crippen LogP contribution in [-0.2, 0) is 30.4 Å². The number of nitrogens with zero attached hydrogens (tertiary/aromatic N) is 3. The maximum Gasteiger partial charge on any atom is 0.317 e. The quantitative estimate of drug-likeness (QED) is 0.151. The molecule has 0 fully saturated rings. The van der Waals surface area contributed by atoms with Crippen molar-refractivity contribution in [3.05, 3.63) is 35.9 Å². The number of carboxylic acids is 4. The van der Waals surface area contributed by atoms with Crippen LogP contribution in [0.5, 0.6) is 0 Å². The Bertz CT molecular complexity index is 835. The van der Waals surface area contributed by atoms with E-state index < -0.39 is 50.1 Å². The lowest BCUT2D eigenvalue weighted by atomic mass is 10.1. The molecule has 0 saturated heterocycles. The fraction of sp³-hybridized carbons (Fsp3) is 0.500. The molecule has 13 heteroatoms. The molecule has 0 heterocycles. The van der Waals surface area contributed by atoms with Gasteiger partial charge in [0, 0.05) is 32.7 Å². The molecule has 0 saturated carbocycles. The van der Waals surface area contributed by atoms with Crippen molar-refractivity contribution in [2.45, 2.75) is 6.42 Å². The van der Waals surface area contributed by atoms with Crippen LogP contribution in [-0.4, -0.2) is 130 Å². The second-order valence-electron chi connectivity index (χ2n) is 7.86. The first-order valence-electron chi connectivity index (χ1n) is 10.9. The van der Waals surface area contributed by atoms with E-state index in [1.165, 1.54) is 9.80 Å². The van der Waals surface area contributed by atoms with Crippen LogP contribution >= 0.6 is 0 Å². The first kappa shape index (κ1) is 29.5. The number of nitrogens with one attached hydrogen (secondary N) is 1. The molecule has 0 aromatic heterocycles. The number of hydrogen-bond donors (Lipinski definition) is 5. The molecule has 0 atom stereocenters. The Morgan fingerprint density at radius 3 is 1.46 bits per heavy atom. The van der Waals surface area contributed by atoms with E-state index in [2.05, 4.69) is 5.32 Å². The molecule has 0 spiro atoms. The minimum Gasteiger partial charge on any atom is -0.480 e. The fourth-order valence-corrected chi connectivity index (χ4v) is 3.28. The van der Waals surface area contributed by atoms with Crippen molar-refractivity contribution in [2.24, 2.45) is 0 Å². The van der Waals surface area contributed by atoms with Gasteiger partial charge in [0.1, 0.15) is 0 Å². The van der Waals surface area contributed by atoms with Gasteiger partial charge >= 0.3 is 23.9 Å². The fourth-order valence-electron chi connectivity index (χ4n) is 3.28. The number of hydrogen-bond acceptors (Lipinski definition) is 8. The molecule has 1 amide bonds. The smallest absolute Gasteiger partial charge is 0.317 e. The zero-order valence-corrected chi connectivity index (χ0v) is 19.3. The standard InChI is InChI=1S/C22H32N4O9/c27-18(23-7-6-17-4-2-1-3-5-17)12-25(14-20(30)31)10-8-24(13-19(28)29)9-11-26(15-21(32)33)16-22(34)35/h1-5H,6-16H2,(H,23,27)(H,28,29)(H,30,31)(H,32,33)(H,34,35). The molecule has 0 bridgehead atoms. The summed E-state index contributed by atoms with van der Waals surface area (Å²) in [5.74, 6) is -5.12. The van der Waals surface area contributed by atoms with Crippen molar-refractivity contribution in [3.63, 3.8) is 0 Å². The van der Waals surface area contributed by atoms with Crippen LogP contribution in [0.4, 0.5) is 0 Å². The van der Waals surface area contributed by atoms with Crippen LogP contribution in [0.2, 0.25) is 0 Å². The maximum atomic E-state index is 12.3. The van der Waals surface area contributed by atoms with Crippen LogP contribution in [0, 0.1) is 0 Å². The van der Waals surface area contributed by atoms with Crippen molar-refractivity contribution < 1.29 is 44.4 Å². The summed E-state index contributed by atoms with van der Waals surface area (Å²) in [5.41, 5.74) is 1.04. The van der Waals surface area contributed by atoms with Gasteiger partial charge in [-0.15, -0.1) is 0 Å². The second-order valence-corrected chi connectivity index (χ2v) is 7.86. The molecular weight excluding hydrogens is 464 g/mol. The van der Waals surface area contributed by atoms with Crippen LogP contribution in [0.15, 0.2) is 30.3 Å². The topological polar surface area (TPSA) is 188 Å². The van der Waals surface area contributed by atoms with E-state index in [4.69, 9.17) is 10.2 Å². The third kappa shape index (κ3) is 15.1. The van der Waals surface area contributed by atoms with E-state index in [0.717, 1.165) is 10.5 Å². The lowest BCUT2D eigenvalue weighted by molar-refractivity contribution is -0.143. The van der Waals surface area contributed by atoms with Crippen molar-refractivity contribution in [3.8, 4) is 0 Å². The zero-order valence-electron chi connectivity index (χ0n) is 19.3. The summed E-state index contributed by atoms with van der Waals surface area (Å²) in [6, 6.07) is 9.51. The molecule has 0 aliphatic carbocycles. The Kier molecular flexibility index (Phi) is 13.6. The van der Waals surface area contributed by atoms with Crippen LogP contribution in [0.1, 0.15) is 5.56 Å². The van der Waals surface area contributed by atoms with E-state index in [1.54, 1.807) is 0 Å². The van der Waals surface area contributed by atoms with Gasteiger partial charge in [0.05, 0.1) is 32.7 Å². The van der Waals surface area contributed by atoms with Gasteiger partial charge in [-0.3, -0.25) is 38.7 Å². The number of benzene rings is 1. The predicted octanol–water partition coefficient (Wildman–Crippen LogP) is -1.41. The molecule has 194 valence electrons. The largest absolute Gasteiger partial charge is 0.480 e. The van der Waals surface area contributed by atoms with E-state index in [9.17, 15) is 34.2 Å². The number of carbonyl (C=O) groups is 5. The van der Waals surface area contributed by atoms with E-state index >= 15 is 0 Å². The van der Waals surface area contributed by atoms with Crippen molar-refractivity contribution in [2.75, 3.05) is 65.4 Å². The lowest BCUT2D eigenvalue weighted by Crippen LogP contribution is -2.46. The lowest BCUT2D eigenvalue weighted by Gasteiger charge is -2.27. The average molecular weight is 497 g/mol. The predicted molar refractivity (Wildman–Crippen MR) is 123 cm³/mol. The molecule has 1 rings (SSSR count). The monoisotopic (exact) mass is 496 g/mol. The minimum atomic E-state index is -1.22. The summed E-state index contributed by atoms with van der Waals surface area (Å²) in [6.45, 7) is -1.58. The Hall–Kier alpha value is -3.55. The highest BCUT2D eigenvalue weighted by molar-refractivity contribution is 5.79. The second kappa shape index (κ2) is 16.1. The Balaban J connectivity index is 2.64. The molecular formula is C22H32N4O9. The summed E-state index contributed by atoms with van der Waals surface area (Å²) in [5, 5.41) is 39.0. The van der Waals surface area contributed by atoms with Crippen LogP contribution in [0.3, 0.4) is 0 Å². The van der Waals surface area contributed by atoms with Crippen molar-refractivity contribution in [1.82, 2.24) is 20.0 Å². The number of rotatable bonds is 19. The number of amides is 1. The summed E-state index contributed by atoms with van der Waals surface area (Å²) in [6.07, 6.45) is 0.612. The first-order valence-corrected chi connectivity index (χ1v) is 10.9. The minimum absolute atomic E-state index is 0.0230. The molecule has 5 N–H and O–H groups in total. The molecule has 0 aliphatic heterocycles. The Labute approximate surface area is 202 Å². The van der Waals surface area contributed by atoms with Gasteiger partial charge in [-0.2, -0.15) is 0 Å². The number of carbonyl (C=O) groups excluding carboxylic acids is 1. The van der Waals surface area contributed by atoms with Crippen molar-refractivity contribution in [1.29, 1.82) is 0 Å². The van der Waals surface area contributed by atoms with E-state index in [1.807, 2.05) is 30.3 Å². The first-order chi connectivity index (χ1) is 16.5. The number of aliphatic carboxylic acids is 4. The zero-order chi connectivity index (χ0) is 26.2. The van der Waals surface area contributed by atoms with Gasteiger partial charge < -0.3 is 25.7 Å². The Morgan fingerprint density at radius 1 is 0.600 bits per heavy atom.